The molecular weight excluding hydrogens is 312 g/mol. The summed E-state index contributed by atoms with van der Waals surface area (Å²) in [4.78, 5) is 14.4. The van der Waals surface area contributed by atoms with E-state index < -0.39 is 0 Å². The summed E-state index contributed by atoms with van der Waals surface area (Å²) in [5.41, 5.74) is 3.51. The predicted octanol–water partition coefficient (Wildman–Crippen LogP) is 3.93. The van der Waals surface area contributed by atoms with Gasteiger partial charge in [-0.05, 0) is 30.5 Å². The number of hydrogen-bond donors (Lipinski definition) is 1. The summed E-state index contributed by atoms with van der Waals surface area (Å²) in [5, 5.41) is 7.76. The van der Waals surface area contributed by atoms with Gasteiger partial charge < -0.3 is 10.2 Å². The minimum Gasteiger partial charge on any atom is -0.378 e. The monoisotopic (exact) mass is 338 g/mol. The number of nitrogens with one attached hydrogen (secondary N) is 1. The van der Waals surface area contributed by atoms with Crippen LogP contribution in [0.2, 0.25) is 0 Å². The van der Waals surface area contributed by atoms with E-state index in [1.165, 1.54) is 30.5 Å². The van der Waals surface area contributed by atoms with E-state index in [1.807, 2.05) is 20.3 Å². The molecule has 1 aromatic carbocycles. The molecule has 1 amide bonds. The number of fused-ring (bicyclic) bond motifs is 1. The first-order valence-corrected chi connectivity index (χ1v) is 9.28. The fourth-order valence-electron chi connectivity index (χ4n) is 4.14. The second kappa shape index (κ2) is 6.54. The summed E-state index contributed by atoms with van der Waals surface area (Å²) >= 11 is 0. The Labute approximate surface area is 149 Å². The van der Waals surface area contributed by atoms with Crippen LogP contribution in [0.25, 0.3) is 0 Å². The quantitative estimate of drug-likeness (QED) is 0.922. The Hall–Kier alpha value is -2.30. The van der Waals surface area contributed by atoms with Gasteiger partial charge in [0.1, 0.15) is 5.82 Å². The molecule has 4 rings (SSSR count). The van der Waals surface area contributed by atoms with Crippen LogP contribution in [0.15, 0.2) is 30.5 Å². The number of carbonyl (C=O) groups is 1. The van der Waals surface area contributed by atoms with E-state index in [0.717, 1.165) is 24.2 Å². The molecule has 0 spiro atoms. The molecule has 1 atom stereocenters. The SMILES string of the molecule is CN(C)c1ccc(C2CC(=O)Nc3c2cnn3C2CCCCC2)cc1. The first kappa shape index (κ1) is 16.2. The zero-order valence-corrected chi connectivity index (χ0v) is 15.0. The van der Waals surface area contributed by atoms with Crippen molar-refractivity contribution in [3.63, 3.8) is 0 Å². The molecule has 1 unspecified atom stereocenters. The Morgan fingerprint density at radius 1 is 1.12 bits per heavy atom. The molecule has 132 valence electrons. The topological polar surface area (TPSA) is 50.2 Å². The summed E-state index contributed by atoms with van der Waals surface area (Å²) in [6, 6.07) is 8.94. The highest BCUT2D eigenvalue weighted by Crippen LogP contribution is 2.40. The van der Waals surface area contributed by atoms with Gasteiger partial charge in [-0.3, -0.25) is 4.79 Å². The molecule has 1 aromatic heterocycles. The van der Waals surface area contributed by atoms with Crippen molar-refractivity contribution in [2.24, 2.45) is 0 Å². The maximum Gasteiger partial charge on any atom is 0.226 e. The normalized spacial score (nSPS) is 20.9. The van der Waals surface area contributed by atoms with Crippen molar-refractivity contribution >= 4 is 17.4 Å². The van der Waals surface area contributed by atoms with E-state index in [-0.39, 0.29) is 11.8 Å². The van der Waals surface area contributed by atoms with Crippen molar-refractivity contribution in [2.75, 3.05) is 24.3 Å². The minimum absolute atomic E-state index is 0.0896. The molecule has 5 heteroatoms. The lowest BCUT2D eigenvalue weighted by Gasteiger charge is -2.28. The van der Waals surface area contributed by atoms with Gasteiger partial charge in [0.05, 0.1) is 12.2 Å². The van der Waals surface area contributed by atoms with Gasteiger partial charge in [0.2, 0.25) is 5.91 Å². The van der Waals surface area contributed by atoms with Gasteiger partial charge >= 0.3 is 0 Å². The lowest BCUT2D eigenvalue weighted by atomic mass is 9.87. The second-order valence-electron chi connectivity index (χ2n) is 7.48. The molecule has 0 saturated heterocycles. The zero-order valence-electron chi connectivity index (χ0n) is 15.0. The zero-order chi connectivity index (χ0) is 17.4. The van der Waals surface area contributed by atoms with Crippen LogP contribution in [0.1, 0.15) is 61.6 Å². The van der Waals surface area contributed by atoms with Crippen LogP contribution in [0, 0.1) is 0 Å². The van der Waals surface area contributed by atoms with Gasteiger partial charge in [-0.2, -0.15) is 5.10 Å². The van der Waals surface area contributed by atoms with Crippen LogP contribution in [-0.2, 0) is 4.79 Å². The number of aromatic nitrogens is 2. The predicted molar refractivity (Wildman–Crippen MR) is 100 cm³/mol. The standard InChI is InChI=1S/C20H26N4O/c1-23(2)15-10-8-14(9-11-15)17-12-19(25)22-20-18(17)13-21-24(20)16-6-4-3-5-7-16/h8-11,13,16-17H,3-7,12H2,1-2H3,(H,22,25). The Balaban J connectivity index is 1.67. The van der Waals surface area contributed by atoms with Crippen LogP contribution in [-0.4, -0.2) is 29.8 Å². The number of rotatable bonds is 3. The molecule has 2 aliphatic rings. The largest absolute Gasteiger partial charge is 0.378 e. The average Bonchev–Trinajstić information content (AvgIpc) is 3.05. The Bertz CT molecular complexity index is 757. The molecule has 2 heterocycles. The van der Waals surface area contributed by atoms with Gasteiger partial charge in [-0.15, -0.1) is 0 Å². The van der Waals surface area contributed by atoms with Crippen LogP contribution in [0.4, 0.5) is 11.5 Å². The van der Waals surface area contributed by atoms with Crippen LogP contribution < -0.4 is 10.2 Å². The maximum atomic E-state index is 12.4. The minimum atomic E-state index is 0.0896. The van der Waals surface area contributed by atoms with Gasteiger partial charge in [-0.1, -0.05) is 31.4 Å². The van der Waals surface area contributed by atoms with E-state index in [0.29, 0.717) is 12.5 Å². The third kappa shape index (κ3) is 3.03. The van der Waals surface area contributed by atoms with Gasteiger partial charge in [0.15, 0.2) is 0 Å². The number of nitrogens with zero attached hydrogens (tertiary/aromatic N) is 3. The van der Waals surface area contributed by atoms with Crippen molar-refractivity contribution < 1.29 is 4.79 Å². The lowest BCUT2D eigenvalue weighted by molar-refractivity contribution is -0.116. The van der Waals surface area contributed by atoms with Gasteiger partial charge in [0, 0.05) is 37.7 Å². The van der Waals surface area contributed by atoms with Crippen molar-refractivity contribution in [3.05, 3.63) is 41.6 Å². The van der Waals surface area contributed by atoms with Crippen LogP contribution >= 0.6 is 0 Å². The van der Waals surface area contributed by atoms with E-state index in [9.17, 15) is 4.79 Å². The molecule has 0 radical (unpaired) electrons. The van der Waals surface area contributed by atoms with Crippen LogP contribution in [0.5, 0.6) is 0 Å². The Morgan fingerprint density at radius 3 is 2.52 bits per heavy atom. The third-order valence-corrected chi connectivity index (χ3v) is 5.58. The van der Waals surface area contributed by atoms with Crippen molar-refractivity contribution in [1.82, 2.24) is 9.78 Å². The molecule has 5 nitrogen and oxygen atoms in total. The van der Waals surface area contributed by atoms with Crippen molar-refractivity contribution in [3.8, 4) is 0 Å². The fourth-order valence-corrected chi connectivity index (χ4v) is 4.14. The highest BCUT2D eigenvalue weighted by atomic mass is 16.1. The summed E-state index contributed by atoms with van der Waals surface area (Å²) in [7, 11) is 4.07. The van der Waals surface area contributed by atoms with Gasteiger partial charge in [-0.25, -0.2) is 4.68 Å². The van der Waals surface area contributed by atoms with Crippen molar-refractivity contribution in [2.45, 2.75) is 50.5 Å². The summed E-state index contributed by atoms with van der Waals surface area (Å²) in [5.74, 6) is 1.11. The summed E-state index contributed by atoms with van der Waals surface area (Å²) in [6.45, 7) is 0. The molecule has 2 aromatic rings. The molecule has 1 aliphatic heterocycles. The van der Waals surface area contributed by atoms with E-state index in [4.69, 9.17) is 0 Å². The first-order chi connectivity index (χ1) is 12.1. The lowest BCUT2D eigenvalue weighted by Crippen LogP contribution is -2.26. The summed E-state index contributed by atoms with van der Waals surface area (Å²) < 4.78 is 2.08. The highest BCUT2D eigenvalue weighted by molar-refractivity contribution is 5.94. The van der Waals surface area contributed by atoms with E-state index in [1.54, 1.807) is 0 Å². The van der Waals surface area contributed by atoms with Gasteiger partial charge in [0.25, 0.3) is 0 Å². The van der Waals surface area contributed by atoms with E-state index in [2.05, 4.69) is 44.3 Å². The highest BCUT2D eigenvalue weighted by Gasteiger charge is 2.32. The number of anilines is 2. The third-order valence-electron chi connectivity index (χ3n) is 5.58. The average molecular weight is 338 g/mol. The molecule has 1 fully saturated rings. The summed E-state index contributed by atoms with van der Waals surface area (Å²) in [6.07, 6.45) is 8.59. The molecule has 1 aliphatic carbocycles. The number of amides is 1. The molecular formula is C20H26N4O. The van der Waals surface area contributed by atoms with Crippen molar-refractivity contribution in [1.29, 1.82) is 0 Å². The Kier molecular flexibility index (Phi) is 4.24. The number of carbonyl (C=O) groups excluding carboxylic acids is 1. The Morgan fingerprint density at radius 2 is 1.84 bits per heavy atom. The molecule has 25 heavy (non-hydrogen) atoms. The molecule has 1 saturated carbocycles. The maximum absolute atomic E-state index is 12.4. The number of benzene rings is 1. The molecule has 1 N–H and O–H groups in total. The smallest absolute Gasteiger partial charge is 0.226 e. The van der Waals surface area contributed by atoms with Crippen LogP contribution in [0.3, 0.4) is 0 Å². The second-order valence-corrected chi connectivity index (χ2v) is 7.48. The first-order valence-electron chi connectivity index (χ1n) is 9.28. The number of hydrogen-bond acceptors (Lipinski definition) is 3. The fraction of sp³-hybridized carbons (Fsp3) is 0.500. The van der Waals surface area contributed by atoms with E-state index >= 15 is 0 Å². The molecule has 0 bridgehead atoms.